The Morgan fingerprint density at radius 3 is 2.80 bits per heavy atom. The Kier molecular flexibility index (Phi) is 5.77. The Morgan fingerprint density at radius 2 is 2.30 bits per heavy atom. The van der Waals surface area contributed by atoms with E-state index in [1.165, 1.54) is 6.08 Å². The van der Waals surface area contributed by atoms with Crippen LogP contribution >= 0.6 is 0 Å². The minimum Gasteiger partial charge on any atom is -0.274 e. The van der Waals surface area contributed by atoms with E-state index in [9.17, 15) is 4.79 Å². The van der Waals surface area contributed by atoms with Gasteiger partial charge in [-0.25, -0.2) is 5.48 Å². The van der Waals surface area contributed by atoms with E-state index in [-0.39, 0.29) is 5.91 Å². The molecule has 0 aliphatic rings. The molecule has 0 aromatic rings. The predicted molar refractivity (Wildman–Crippen MR) is 39.2 cm³/mol. The quantitative estimate of drug-likeness (QED) is 0.471. The first-order valence-electron chi connectivity index (χ1n) is 3.39. The van der Waals surface area contributed by atoms with Crippen LogP contribution in [0, 0.1) is 0 Å². The van der Waals surface area contributed by atoms with Crippen molar-refractivity contribution < 1.29 is 9.63 Å². The molecule has 58 valence electrons. The molecule has 0 spiro atoms. The lowest BCUT2D eigenvalue weighted by Crippen LogP contribution is -2.20. The standard InChI is InChI=1S/C7H13NO2/c1-3-5-6-7(9)8-10-4-2/h5-6H,3-4H2,1-2H3,(H,8,9)/b6-5+. The molecule has 0 heterocycles. The smallest absolute Gasteiger partial charge is 0.267 e. The van der Waals surface area contributed by atoms with E-state index >= 15 is 0 Å². The van der Waals surface area contributed by atoms with Gasteiger partial charge in [0.1, 0.15) is 0 Å². The van der Waals surface area contributed by atoms with E-state index in [2.05, 4.69) is 10.3 Å². The first-order valence-corrected chi connectivity index (χ1v) is 3.39. The number of hydrogen-bond acceptors (Lipinski definition) is 2. The highest BCUT2D eigenvalue weighted by molar-refractivity contribution is 5.86. The van der Waals surface area contributed by atoms with Gasteiger partial charge < -0.3 is 0 Å². The van der Waals surface area contributed by atoms with E-state index < -0.39 is 0 Å². The molecule has 10 heavy (non-hydrogen) atoms. The summed E-state index contributed by atoms with van der Waals surface area (Å²) < 4.78 is 0. The van der Waals surface area contributed by atoms with E-state index in [0.717, 1.165) is 6.42 Å². The van der Waals surface area contributed by atoms with Crippen molar-refractivity contribution in [1.82, 2.24) is 5.48 Å². The summed E-state index contributed by atoms with van der Waals surface area (Å²) >= 11 is 0. The maximum absolute atomic E-state index is 10.6. The Bertz CT molecular complexity index is 121. The maximum Gasteiger partial charge on any atom is 0.267 e. The molecule has 0 saturated carbocycles. The second kappa shape index (κ2) is 6.29. The number of rotatable bonds is 4. The van der Waals surface area contributed by atoms with Crippen molar-refractivity contribution in [2.24, 2.45) is 0 Å². The molecule has 0 radical (unpaired) electrons. The summed E-state index contributed by atoms with van der Waals surface area (Å²) in [6.45, 7) is 4.26. The minimum atomic E-state index is -0.205. The van der Waals surface area contributed by atoms with Crippen molar-refractivity contribution in [3.05, 3.63) is 12.2 Å². The zero-order valence-electron chi connectivity index (χ0n) is 6.39. The van der Waals surface area contributed by atoms with Crippen LogP contribution in [0.25, 0.3) is 0 Å². The summed E-state index contributed by atoms with van der Waals surface area (Å²) in [4.78, 5) is 15.3. The van der Waals surface area contributed by atoms with Crippen molar-refractivity contribution in [3.63, 3.8) is 0 Å². The number of hydrogen-bond donors (Lipinski definition) is 1. The van der Waals surface area contributed by atoms with E-state index in [1.54, 1.807) is 6.08 Å². The van der Waals surface area contributed by atoms with Crippen LogP contribution in [-0.4, -0.2) is 12.5 Å². The average Bonchev–Trinajstić information content (AvgIpc) is 1.97. The molecule has 0 bridgehead atoms. The third-order valence-electron chi connectivity index (χ3n) is 0.822. The lowest BCUT2D eigenvalue weighted by Gasteiger charge is -1.97. The third kappa shape index (κ3) is 5.31. The van der Waals surface area contributed by atoms with Crippen molar-refractivity contribution in [2.45, 2.75) is 20.3 Å². The van der Waals surface area contributed by atoms with Crippen LogP contribution in [0.1, 0.15) is 20.3 Å². The summed E-state index contributed by atoms with van der Waals surface area (Å²) in [5, 5.41) is 0. The fourth-order valence-corrected chi connectivity index (χ4v) is 0.402. The molecule has 0 aliphatic heterocycles. The van der Waals surface area contributed by atoms with Gasteiger partial charge >= 0.3 is 0 Å². The van der Waals surface area contributed by atoms with Crippen LogP contribution in [0.15, 0.2) is 12.2 Å². The van der Waals surface area contributed by atoms with Gasteiger partial charge in [0.25, 0.3) is 5.91 Å². The Morgan fingerprint density at radius 1 is 1.60 bits per heavy atom. The van der Waals surface area contributed by atoms with Crippen LogP contribution in [-0.2, 0) is 9.63 Å². The van der Waals surface area contributed by atoms with Crippen LogP contribution in [0.5, 0.6) is 0 Å². The number of carbonyl (C=O) groups is 1. The molecule has 0 aliphatic carbocycles. The van der Waals surface area contributed by atoms with Gasteiger partial charge in [-0.2, -0.15) is 0 Å². The molecule has 1 amide bonds. The molecule has 0 unspecified atom stereocenters. The molecule has 0 rings (SSSR count). The Hall–Kier alpha value is -0.830. The number of carbonyl (C=O) groups excluding carboxylic acids is 1. The molecule has 0 saturated heterocycles. The summed E-state index contributed by atoms with van der Waals surface area (Å²) in [6, 6.07) is 0. The molecule has 3 nitrogen and oxygen atoms in total. The van der Waals surface area contributed by atoms with E-state index in [1.807, 2.05) is 13.8 Å². The van der Waals surface area contributed by atoms with Crippen LogP contribution in [0.3, 0.4) is 0 Å². The number of nitrogens with one attached hydrogen (secondary N) is 1. The zero-order chi connectivity index (χ0) is 7.82. The second-order valence-corrected chi connectivity index (χ2v) is 1.71. The molecule has 3 heteroatoms. The lowest BCUT2D eigenvalue weighted by molar-refractivity contribution is -0.128. The van der Waals surface area contributed by atoms with Crippen molar-refractivity contribution in [3.8, 4) is 0 Å². The van der Waals surface area contributed by atoms with Crippen molar-refractivity contribution >= 4 is 5.91 Å². The summed E-state index contributed by atoms with van der Waals surface area (Å²) in [6.07, 6.45) is 4.09. The monoisotopic (exact) mass is 143 g/mol. The number of allylic oxidation sites excluding steroid dienone is 1. The van der Waals surface area contributed by atoms with E-state index in [0.29, 0.717) is 6.61 Å². The first-order chi connectivity index (χ1) is 4.81. The second-order valence-electron chi connectivity index (χ2n) is 1.71. The molecule has 0 aromatic heterocycles. The van der Waals surface area contributed by atoms with Gasteiger partial charge in [-0.15, -0.1) is 0 Å². The van der Waals surface area contributed by atoms with Gasteiger partial charge in [0.15, 0.2) is 0 Å². The molecule has 0 fully saturated rings. The largest absolute Gasteiger partial charge is 0.274 e. The topological polar surface area (TPSA) is 38.3 Å². The highest BCUT2D eigenvalue weighted by atomic mass is 16.6. The Labute approximate surface area is 61.0 Å². The van der Waals surface area contributed by atoms with Crippen LogP contribution in [0.2, 0.25) is 0 Å². The highest BCUT2D eigenvalue weighted by Crippen LogP contribution is 1.78. The van der Waals surface area contributed by atoms with Crippen molar-refractivity contribution in [1.29, 1.82) is 0 Å². The molecular formula is C7H13NO2. The minimum absolute atomic E-state index is 0.205. The van der Waals surface area contributed by atoms with Crippen molar-refractivity contribution in [2.75, 3.05) is 6.61 Å². The highest BCUT2D eigenvalue weighted by Gasteiger charge is 1.89. The van der Waals surface area contributed by atoms with Gasteiger partial charge in [-0.05, 0) is 13.3 Å². The number of amides is 1. The fourth-order valence-electron chi connectivity index (χ4n) is 0.402. The van der Waals surface area contributed by atoms with Gasteiger partial charge in [0.05, 0.1) is 6.61 Å². The zero-order valence-corrected chi connectivity index (χ0v) is 6.39. The van der Waals surface area contributed by atoms with Gasteiger partial charge in [0, 0.05) is 6.08 Å². The number of hydroxylamine groups is 1. The summed E-state index contributed by atoms with van der Waals surface area (Å²) in [7, 11) is 0. The first kappa shape index (κ1) is 9.17. The average molecular weight is 143 g/mol. The molecule has 0 aromatic carbocycles. The van der Waals surface area contributed by atoms with Crippen LogP contribution < -0.4 is 5.48 Å². The summed E-state index contributed by atoms with van der Waals surface area (Å²) in [5.41, 5.74) is 2.24. The van der Waals surface area contributed by atoms with Gasteiger partial charge in [0.2, 0.25) is 0 Å². The third-order valence-corrected chi connectivity index (χ3v) is 0.822. The van der Waals surface area contributed by atoms with Gasteiger partial charge in [-0.1, -0.05) is 13.0 Å². The summed E-state index contributed by atoms with van der Waals surface area (Å²) in [5.74, 6) is -0.205. The van der Waals surface area contributed by atoms with E-state index in [4.69, 9.17) is 0 Å². The van der Waals surface area contributed by atoms with Gasteiger partial charge in [-0.3, -0.25) is 9.63 Å². The maximum atomic E-state index is 10.6. The molecular weight excluding hydrogens is 130 g/mol. The predicted octanol–water partition coefficient (Wildman–Crippen LogP) is 1.02. The molecule has 1 N–H and O–H groups in total. The van der Waals surface area contributed by atoms with Crippen LogP contribution in [0.4, 0.5) is 0 Å². The normalized spacial score (nSPS) is 10.2. The molecule has 0 atom stereocenters. The fraction of sp³-hybridized carbons (Fsp3) is 0.571. The Balaban J connectivity index is 3.34. The lowest BCUT2D eigenvalue weighted by atomic mass is 10.4. The SMILES string of the molecule is CC/C=C/C(=O)NOCC.